The first-order chi connectivity index (χ1) is 9.40. The fourth-order valence-corrected chi connectivity index (χ4v) is 3.21. The first-order valence-electron chi connectivity index (χ1n) is 7.64. The van der Waals surface area contributed by atoms with Crippen molar-refractivity contribution in [3.8, 4) is 0 Å². The summed E-state index contributed by atoms with van der Waals surface area (Å²) < 4.78 is 5.55. The average molecular weight is 282 g/mol. The summed E-state index contributed by atoms with van der Waals surface area (Å²) in [5.74, 6) is 0.424. The summed E-state index contributed by atoms with van der Waals surface area (Å²) in [5, 5.41) is 2.87. The Hall–Kier alpha value is -1.10. The van der Waals surface area contributed by atoms with Crippen LogP contribution in [0.2, 0.25) is 0 Å². The minimum Gasteiger partial charge on any atom is -0.378 e. The quantitative estimate of drug-likeness (QED) is 0.849. The Morgan fingerprint density at radius 2 is 2.05 bits per heavy atom. The number of hydrogen-bond donors (Lipinski definition) is 1. The summed E-state index contributed by atoms with van der Waals surface area (Å²) in [5.41, 5.74) is 0. The van der Waals surface area contributed by atoms with Crippen LogP contribution in [0.25, 0.3) is 0 Å². The van der Waals surface area contributed by atoms with E-state index < -0.39 is 0 Å². The summed E-state index contributed by atoms with van der Waals surface area (Å²) in [6, 6.07) is -0.611. The highest BCUT2D eigenvalue weighted by Crippen LogP contribution is 2.25. The monoisotopic (exact) mass is 282 g/mol. The molecule has 2 rings (SSSR count). The van der Waals surface area contributed by atoms with Crippen molar-refractivity contribution in [3.05, 3.63) is 0 Å². The summed E-state index contributed by atoms with van der Waals surface area (Å²) in [7, 11) is 0. The average Bonchev–Trinajstić information content (AvgIpc) is 2.36. The van der Waals surface area contributed by atoms with Gasteiger partial charge in [-0.2, -0.15) is 0 Å². The molecule has 114 valence electrons. The minimum absolute atomic E-state index is 0.0330. The van der Waals surface area contributed by atoms with E-state index in [1.165, 1.54) is 0 Å². The molecule has 2 saturated heterocycles. The molecule has 0 aliphatic carbocycles. The van der Waals surface area contributed by atoms with Crippen molar-refractivity contribution in [2.24, 2.45) is 5.92 Å². The smallest absolute Gasteiger partial charge is 0.246 e. The van der Waals surface area contributed by atoms with Gasteiger partial charge in [-0.3, -0.25) is 9.59 Å². The standard InChI is InChI=1S/C15H26N2O3/c1-9(2)7-13-15(19)17(11(4)14(18)16-13)12-5-6-20-10(3)8-12/h9-13H,5-8H2,1-4H3,(H,16,18). The lowest BCUT2D eigenvalue weighted by atomic mass is 9.94. The lowest BCUT2D eigenvalue weighted by molar-refractivity contribution is -0.155. The van der Waals surface area contributed by atoms with Crippen molar-refractivity contribution in [2.75, 3.05) is 6.61 Å². The maximum Gasteiger partial charge on any atom is 0.246 e. The van der Waals surface area contributed by atoms with Gasteiger partial charge in [0.1, 0.15) is 12.1 Å². The van der Waals surface area contributed by atoms with Gasteiger partial charge in [-0.1, -0.05) is 13.8 Å². The lowest BCUT2D eigenvalue weighted by Gasteiger charge is -2.44. The second-order valence-corrected chi connectivity index (χ2v) is 6.47. The van der Waals surface area contributed by atoms with Gasteiger partial charge in [0.05, 0.1) is 6.10 Å². The molecule has 2 aliphatic rings. The van der Waals surface area contributed by atoms with Crippen LogP contribution in [0.3, 0.4) is 0 Å². The van der Waals surface area contributed by atoms with Crippen molar-refractivity contribution < 1.29 is 14.3 Å². The largest absolute Gasteiger partial charge is 0.378 e. The van der Waals surface area contributed by atoms with E-state index in [4.69, 9.17) is 4.74 Å². The Morgan fingerprint density at radius 3 is 2.65 bits per heavy atom. The Bertz CT molecular complexity index is 383. The number of carbonyl (C=O) groups is 2. The number of nitrogens with one attached hydrogen (secondary N) is 1. The molecule has 0 aromatic carbocycles. The number of nitrogens with zero attached hydrogens (tertiary/aromatic N) is 1. The second-order valence-electron chi connectivity index (χ2n) is 6.47. The number of amides is 2. The molecular weight excluding hydrogens is 256 g/mol. The molecule has 5 heteroatoms. The van der Waals surface area contributed by atoms with Crippen molar-refractivity contribution in [1.82, 2.24) is 10.2 Å². The Labute approximate surface area is 121 Å². The highest BCUT2D eigenvalue weighted by atomic mass is 16.5. The Morgan fingerprint density at radius 1 is 1.35 bits per heavy atom. The van der Waals surface area contributed by atoms with Gasteiger partial charge in [0.2, 0.25) is 11.8 Å². The van der Waals surface area contributed by atoms with E-state index in [1.807, 2.05) is 18.7 Å². The van der Waals surface area contributed by atoms with Crippen LogP contribution >= 0.6 is 0 Å². The normalized spacial score (nSPS) is 35.4. The third kappa shape index (κ3) is 3.14. The van der Waals surface area contributed by atoms with Crippen LogP contribution in [0.5, 0.6) is 0 Å². The van der Waals surface area contributed by atoms with Crippen LogP contribution in [0, 0.1) is 5.92 Å². The van der Waals surface area contributed by atoms with Gasteiger partial charge in [0, 0.05) is 12.6 Å². The fraction of sp³-hybridized carbons (Fsp3) is 0.867. The van der Waals surface area contributed by atoms with E-state index in [1.54, 1.807) is 0 Å². The van der Waals surface area contributed by atoms with Gasteiger partial charge in [-0.05, 0) is 39.0 Å². The number of rotatable bonds is 3. The maximum atomic E-state index is 12.7. The molecule has 0 aromatic rings. The van der Waals surface area contributed by atoms with E-state index in [2.05, 4.69) is 19.2 Å². The van der Waals surface area contributed by atoms with Gasteiger partial charge in [0.25, 0.3) is 0 Å². The molecule has 2 amide bonds. The van der Waals surface area contributed by atoms with Crippen LogP contribution in [-0.2, 0) is 14.3 Å². The maximum absolute atomic E-state index is 12.7. The molecule has 2 heterocycles. The number of piperazine rings is 1. The minimum atomic E-state index is -0.374. The van der Waals surface area contributed by atoms with E-state index >= 15 is 0 Å². The highest BCUT2D eigenvalue weighted by Gasteiger charge is 2.42. The van der Waals surface area contributed by atoms with Gasteiger partial charge in [-0.25, -0.2) is 0 Å². The van der Waals surface area contributed by atoms with Gasteiger partial charge in [-0.15, -0.1) is 0 Å². The zero-order chi connectivity index (χ0) is 14.9. The SMILES string of the molecule is CC(C)CC1NC(=O)C(C)N(C2CCOC(C)C2)C1=O. The van der Waals surface area contributed by atoms with E-state index in [0.717, 1.165) is 12.8 Å². The molecule has 0 aromatic heterocycles. The summed E-state index contributed by atoms with van der Waals surface area (Å²) in [6.45, 7) is 8.64. The fourth-order valence-electron chi connectivity index (χ4n) is 3.21. The van der Waals surface area contributed by atoms with Crippen molar-refractivity contribution in [2.45, 2.75) is 71.2 Å². The van der Waals surface area contributed by atoms with Crippen LogP contribution in [-0.4, -0.2) is 47.6 Å². The second kappa shape index (κ2) is 6.12. The molecule has 0 spiro atoms. The first-order valence-corrected chi connectivity index (χ1v) is 7.64. The van der Waals surface area contributed by atoms with Crippen molar-refractivity contribution >= 4 is 11.8 Å². The van der Waals surface area contributed by atoms with Crippen molar-refractivity contribution in [3.63, 3.8) is 0 Å². The first kappa shape index (κ1) is 15.3. The highest BCUT2D eigenvalue weighted by molar-refractivity contribution is 5.96. The molecule has 5 nitrogen and oxygen atoms in total. The molecule has 2 aliphatic heterocycles. The Balaban J connectivity index is 2.15. The number of carbonyl (C=O) groups excluding carboxylic acids is 2. The third-order valence-corrected chi connectivity index (χ3v) is 4.22. The molecule has 4 unspecified atom stereocenters. The predicted molar refractivity (Wildman–Crippen MR) is 76.1 cm³/mol. The van der Waals surface area contributed by atoms with Crippen molar-refractivity contribution in [1.29, 1.82) is 0 Å². The molecule has 0 radical (unpaired) electrons. The van der Waals surface area contributed by atoms with E-state index in [9.17, 15) is 9.59 Å². The van der Waals surface area contributed by atoms with Gasteiger partial charge >= 0.3 is 0 Å². The van der Waals surface area contributed by atoms with Crippen LogP contribution in [0.1, 0.15) is 47.0 Å². The zero-order valence-corrected chi connectivity index (χ0v) is 12.9. The molecule has 0 bridgehead atoms. The summed E-state index contributed by atoms with van der Waals surface area (Å²) >= 11 is 0. The third-order valence-electron chi connectivity index (χ3n) is 4.22. The molecule has 0 saturated carbocycles. The van der Waals surface area contributed by atoms with Crippen LogP contribution < -0.4 is 5.32 Å². The topological polar surface area (TPSA) is 58.6 Å². The predicted octanol–water partition coefficient (Wildman–Crippen LogP) is 1.32. The van der Waals surface area contributed by atoms with E-state index in [-0.39, 0.29) is 36.0 Å². The lowest BCUT2D eigenvalue weighted by Crippen LogP contribution is -2.65. The number of ether oxygens (including phenoxy) is 1. The molecule has 1 N–H and O–H groups in total. The van der Waals surface area contributed by atoms with Crippen LogP contribution in [0.4, 0.5) is 0 Å². The van der Waals surface area contributed by atoms with Crippen LogP contribution in [0.15, 0.2) is 0 Å². The number of hydrogen-bond acceptors (Lipinski definition) is 3. The molecular formula is C15H26N2O3. The van der Waals surface area contributed by atoms with Gasteiger partial charge in [0.15, 0.2) is 0 Å². The molecule has 4 atom stereocenters. The zero-order valence-electron chi connectivity index (χ0n) is 12.9. The van der Waals surface area contributed by atoms with E-state index in [0.29, 0.717) is 18.9 Å². The molecule has 20 heavy (non-hydrogen) atoms. The summed E-state index contributed by atoms with van der Waals surface area (Å²) in [6.07, 6.45) is 2.49. The Kier molecular flexibility index (Phi) is 4.68. The van der Waals surface area contributed by atoms with Gasteiger partial charge < -0.3 is 15.0 Å². The summed E-state index contributed by atoms with van der Waals surface area (Å²) in [4.78, 5) is 26.6. The molecule has 2 fully saturated rings.